The second kappa shape index (κ2) is 14.4. The number of hydrogen-bond acceptors (Lipinski definition) is 1. The van der Waals surface area contributed by atoms with Crippen LogP contribution in [0.1, 0.15) is 101 Å². The van der Waals surface area contributed by atoms with Crippen molar-refractivity contribution in [2.75, 3.05) is 4.90 Å². The number of hydrogen-bond donors (Lipinski definition) is 0. The first-order chi connectivity index (χ1) is 26.0. The Labute approximate surface area is 324 Å². The van der Waals surface area contributed by atoms with Crippen LogP contribution in [0.4, 0.5) is 5.69 Å². The van der Waals surface area contributed by atoms with Crippen LogP contribution in [0.25, 0.3) is 16.8 Å². The van der Waals surface area contributed by atoms with Crippen LogP contribution in [-0.4, -0.2) is 6.04 Å². The van der Waals surface area contributed by atoms with E-state index in [2.05, 4.69) is 211 Å². The zero-order chi connectivity index (χ0) is 37.6. The summed E-state index contributed by atoms with van der Waals surface area (Å²) in [7, 11) is 0. The van der Waals surface area contributed by atoms with E-state index in [0.29, 0.717) is 11.8 Å². The van der Waals surface area contributed by atoms with Crippen molar-refractivity contribution in [2.45, 2.75) is 84.6 Å². The zero-order valence-electron chi connectivity index (χ0n) is 33.3. The standard InChI is InChI=1S/C53H57N/c1-36(51(37-18-10-8-11-19-37)38-26-28-39(29-27-38)52(2,3)4)47-34-48-45-24-16-17-25-46(45)50(35-49(48)44-23-15-14-22-43(44)47)54(41-20-12-9-13-21-41)42-32-30-40(31-33-42)53(5,6)7/h8-20,22-30,32-36,40-41,43-44,51H,21,31H2,1-7H3. The number of fused-ring (bicyclic) bond motifs is 5. The highest BCUT2D eigenvalue weighted by Crippen LogP contribution is 2.52. The average molecular weight is 708 g/mol. The minimum Gasteiger partial charge on any atom is -0.334 e. The third-order valence-electron chi connectivity index (χ3n) is 12.6. The van der Waals surface area contributed by atoms with Gasteiger partial charge in [0.1, 0.15) is 0 Å². The summed E-state index contributed by atoms with van der Waals surface area (Å²) in [4.78, 5) is 2.64. The Morgan fingerprint density at radius 3 is 1.98 bits per heavy atom. The summed E-state index contributed by atoms with van der Waals surface area (Å²) in [6.07, 6.45) is 30.7. The molecule has 6 unspecified atom stereocenters. The van der Waals surface area contributed by atoms with Crippen LogP contribution in [0, 0.1) is 23.2 Å². The van der Waals surface area contributed by atoms with Gasteiger partial charge >= 0.3 is 0 Å². The Kier molecular flexibility index (Phi) is 9.63. The third kappa shape index (κ3) is 6.83. The molecule has 0 saturated carbocycles. The molecule has 0 heterocycles. The van der Waals surface area contributed by atoms with Crippen LogP contribution in [0.5, 0.6) is 0 Å². The van der Waals surface area contributed by atoms with Gasteiger partial charge in [-0.2, -0.15) is 0 Å². The normalized spacial score (nSPS) is 23.0. The Hall–Kier alpha value is -4.88. The summed E-state index contributed by atoms with van der Waals surface area (Å²) >= 11 is 0. The lowest BCUT2D eigenvalue weighted by Gasteiger charge is -2.41. The largest absolute Gasteiger partial charge is 0.334 e. The van der Waals surface area contributed by atoms with Gasteiger partial charge in [-0.1, -0.05) is 200 Å². The monoisotopic (exact) mass is 707 g/mol. The summed E-state index contributed by atoms with van der Waals surface area (Å²) < 4.78 is 0. The number of anilines is 1. The van der Waals surface area contributed by atoms with Crippen LogP contribution in [0.2, 0.25) is 0 Å². The number of rotatable bonds is 7. The highest BCUT2D eigenvalue weighted by molar-refractivity contribution is 6.02. The van der Waals surface area contributed by atoms with Gasteiger partial charge in [0.05, 0.1) is 6.04 Å². The van der Waals surface area contributed by atoms with Crippen LogP contribution < -0.4 is 4.90 Å². The maximum atomic E-state index is 2.64. The molecule has 8 rings (SSSR count). The molecule has 1 nitrogen and oxygen atoms in total. The lowest BCUT2D eigenvalue weighted by atomic mass is 9.65. The Morgan fingerprint density at radius 2 is 1.33 bits per heavy atom. The minimum atomic E-state index is 0.118. The zero-order valence-corrected chi connectivity index (χ0v) is 33.3. The molecule has 0 fully saturated rings. The first-order valence-corrected chi connectivity index (χ1v) is 20.3. The Bertz CT molecular complexity index is 2220. The Morgan fingerprint density at radius 1 is 0.667 bits per heavy atom. The van der Waals surface area contributed by atoms with Crippen molar-refractivity contribution in [3.63, 3.8) is 0 Å². The fraction of sp³-hybridized carbons (Fsp3) is 0.321. The number of nitrogens with zero attached hydrogens (tertiary/aromatic N) is 1. The van der Waals surface area contributed by atoms with E-state index in [9.17, 15) is 0 Å². The topological polar surface area (TPSA) is 3.24 Å². The van der Waals surface area contributed by atoms with E-state index < -0.39 is 0 Å². The van der Waals surface area contributed by atoms with Gasteiger partial charge in [0.25, 0.3) is 0 Å². The first kappa shape index (κ1) is 36.1. The van der Waals surface area contributed by atoms with Crippen LogP contribution in [-0.2, 0) is 5.41 Å². The molecule has 0 saturated heterocycles. The van der Waals surface area contributed by atoms with Gasteiger partial charge < -0.3 is 4.90 Å². The first-order valence-electron chi connectivity index (χ1n) is 20.3. The van der Waals surface area contributed by atoms with Gasteiger partial charge in [-0.25, -0.2) is 0 Å². The second-order valence-corrected chi connectivity index (χ2v) is 18.1. The molecule has 274 valence electrons. The highest BCUT2D eigenvalue weighted by Gasteiger charge is 2.37. The molecule has 0 spiro atoms. The molecular weight excluding hydrogens is 651 g/mol. The van der Waals surface area contributed by atoms with E-state index in [4.69, 9.17) is 0 Å². The molecule has 0 aliphatic heterocycles. The van der Waals surface area contributed by atoms with Crippen molar-refractivity contribution in [2.24, 2.45) is 23.2 Å². The van der Waals surface area contributed by atoms with E-state index in [-0.39, 0.29) is 34.6 Å². The fourth-order valence-electron chi connectivity index (χ4n) is 9.47. The van der Waals surface area contributed by atoms with Gasteiger partial charge in [-0.05, 0) is 80.9 Å². The molecule has 0 amide bonds. The van der Waals surface area contributed by atoms with E-state index >= 15 is 0 Å². The van der Waals surface area contributed by atoms with Gasteiger partial charge in [0, 0.05) is 34.5 Å². The molecular formula is C53H57N. The van der Waals surface area contributed by atoms with Gasteiger partial charge in [0.15, 0.2) is 0 Å². The summed E-state index contributed by atoms with van der Waals surface area (Å²) in [6.45, 7) is 16.5. The second-order valence-electron chi connectivity index (χ2n) is 18.1. The van der Waals surface area contributed by atoms with Crippen LogP contribution in [0.3, 0.4) is 0 Å². The minimum absolute atomic E-state index is 0.118. The van der Waals surface area contributed by atoms with Crippen molar-refractivity contribution >= 4 is 22.5 Å². The molecule has 4 aliphatic carbocycles. The van der Waals surface area contributed by atoms with Crippen molar-refractivity contribution in [1.29, 1.82) is 0 Å². The fourth-order valence-corrected chi connectivity index (χ4v) is 9.47. The molecule has 0 radical (unpaired) electrons. The summed E-state index contributed by atoms with van der Waals surface area (Å²) in [5, 5.41) is 2.66. The van der Waals surface area contributed by atoms with Crippen molar-refractivity contribution < 1.29 is 0 Å². The van der Waals surface area contributed by atoms with Crippen LogP contribution in [0.15, 0.2) is 163 Å². The summed E-state index contributed by atoms with van der Waals surface area (Å²) in [5.74, 6) is 1.61. The molecule has 4 aliphatic rings. The number of benzene rings is 4. The molecule has 54 heavy (non-hydrogen) atoms. The van der Waals surface area contributed by atoms with Gasteiger partial charge in [-0.15, -0.1) is 0 Å². The number of allylic oxidation sites excluding steroid dienone is 10. The molecule has 0 N–H and O–H groups in total. The van der Waals surface area contributed by atoms with E-state index in [1.807, 2.05) is 0 Å². The van der Waals surface area contributed by atoms with Gasteiger partial charge in [0.2, 0.25) is 0 Å². The van der Waals surface area contributed by atoms with Crippen LogP contribution >= 0.6 is 0 Å². The lowest BCUT2D eigenvalue weighted by Crippen LogP contribution is -2.35. The SMILES string of the molecule is CC(C1=Cc2c(cc(N(C3=CCC(C(C)(C)C)C=C3)C3C=CC=CC3)c3ccccc23)C2C=CC=CC12)C(c1ccccc1)c1ccc(C(C)(C)C)cc1. The van der Waals surface area contributed by atoms with E-state index in [1.165, 1.54) is 55.5 Å². The lowest BCUT2D eigenvalue weighted by molar-refractivity contribution is 0.293. The molecule has 6 atom stereocenters. The summed E-state index contributed by atoms with van der Waals surface area (Å²) in [5.41, 5.74) is 11.4. The molecule has 0 aromatic heterocycles. The van der Waals surface area contributed by atoms with E-state index in [0.717, 1.165) is 12.8 Å². The molecule has 1 heteroatoms. The maximum absolute atomic E-state index is 2.64. The average Bonchev–Trinajstić information content (AvgIpc) is 3.18. The van der Waals surface area contributed by atoms with Crippen molar-refractivity contribution in [1.82, 2.24) is 0 Å². The smallest absolute Gasteiger partial charge is 0.0559 e. The molecule has 4 aromatic carbocycles. The van der Waals surface area contributed by atoms with E-state index in [1.54, 1.807) is 0 Å². The van der Waals surface area contributed by atoms with Gasteiger partial charge in [-0.3, -0.25) is 0 Å². The van der Waals surface area contributed by atoms with Crippen molar-refractivity contribution in [3.05, 3.63) is 191 Å². The summed E-state index contributed by atoms with van der Waals surface area (Å²) in [6, 6.07) is 32.7. The maximum Gasteiger partial charge on any atom is 0.0559 e. The predicted octanol–water partition coefficient (Wildman–Crippen LogP) is 14.0. The van der Waals surface area contributed by atoms with Crippen molar-refractivity contribution in [3.8, 4) is 0 Å². The molecule has 0 bridgehead atoms. The third-order valence-corrected chi connectivity index (χ3v) is 12.6. The molecule has 4 aromatic rings. The quantitative estimate of drug-likeness (QED) is 0.185. The predicted molar refractivity (Wildman–Crippen MR) is 233 cm³/mol. The highest BCUT2D eigenvalue weighted by atomic mass is 15.2. The Balaban J connectivity index is 1.28.